The SMILES string of the molecule is NC(=O)COCCNC(=O)CNC(=O)CN1CCN(C(=O)CN2CCN(CC(=O)O)CCN(CC(=O)O)CC2)CC1. The van der Waals surface area contributed by atoms with Crippen molar-refractivity contribution in [1.82, 2.24) is 35.1 Å². The summed E-state index contributed by atoms with van der Waals surface area (Å²) < 4.78 is 4.93. The molecular formula is C24H42N8O9. The zero-order valence-electron chi connectivity index (χ0n) is 23.3. The first-order valence-corrected chi connectivity index (χ1v) is 13.5. The molecule has 17 nitrogen and oxygen atoms in total. The lowest BCUT2D eigenvalue weighted by Crippen LogP contribution is -2.53. The molecule has 41 heavy (non-hydrogen) atoms. The first kappa shape index (κ1) is 33.8. The maximum atomic E-state index is 13.0. The molecular weight excluding hydrogens is 544 g/mol. The van der Waals surface area contributed by atoms with E-state index in [0.717, 1.165) is 0 Å². The Hall–Kier alpha value is -3.38. The van der Waals surface area contributed by atoms with Gasteiger partial charge in [-0.2, -0.15) is 0 Å². The van der Waals surface area contributed by atoms with Gasteiger partial charge in [0.05, 0.1) is 39.3 Å². The predicted octanol–water partition coefficient (Wildman–Crippen LogP) is -5.05. The van der Waals surface area contributed by atoms with Crippen LogP contribution in [0.2, 0.25) is 0 Å². The zero-order chi connectivity index (χ0) is 30.2. The second-order valence-electron chi connectivity index (χ2n) is 9.92. The summed E-state index contributed by atoms with van der Waals surface area (Å²) in [6, 6.07) is 0. The highest BCUT2D eigenvalue weighted by Crippen LogP contribution is 2.06. The van der Waals surface area contributed by atoms with Gasteiger partial charge in [0, 0.05) is 72.0 Å². The first-order valence-electron chi connectivity index (χ1n) is 13.5. The van der Waals surface area contributed by atoms with Gasteiger partial charge in [-0.15, -0.1) is 0 Å². The Bertz CT molecular complexity index is 886. The van der Waals surface area contributed by atoms with Gasteiger partial charge in [0.25, 0.3) is 0 Å². The number of carboxylic acid groups (broad SMARTS) is 2. The van der Waals surface area contributed by atoms with E-state index in [1.54, 1.807) is 14.7 Å². The molecule has 0 unspecified atom stereocenters. The summed E-state index contributed by atoms with van der Waals surface area (Å²) in [5, 5.41) is 23.5. The van der Waals surface area contributed by atoms with Crippen molar-refractivity contribution in [3.8, 4) is 0 Å². The van der Waals surface area contributed by atoms with Crippen LogP contribution in [-0.4, -0.2) is 188 Å². The second kappa shape index (κ2) is 18.1. The Balaban J connectivity index is 1.72. The van der Waals surface area contributed by atoms with Crippen molar-refractivity contribution in [2.24, 2.45) is 5.73 Å². The van der Waals surface area contributed by atoms with Crippen molar-refractivity contribution >= 4 is 35.6 Å². The number of aliphatic carboxylic acids is 2. The Morgan fingerprint density at radius 3 is 1.59 bits per heavy atom. The number of piperazine rings is 1. The average Bonchev–Trinajstić information content (AvgIpc) is 2.98. The minimum Gasteiger partial charge on any atom is -0.480 e. The number of nitrogens with one attached hydrogen (secondary N) is 2. The molecule has 17 heteroatoms. The number of rotatable bonds is 15. The van der Waals surface area contributed by atoms with E-state index in [1.807, 2.05) is 9.80 Å². The van der Waals surface area contributed by atoms with E-state index in [-0.39, 0.29) is 64.3 Å². The Morgan fingerprint density at radius 1 is 0.634 bits per heavy atom. The van der Waals surface area contributed by atoms with Crippen molar-refractivity contribution in [3.05, 3.63) is 0 Å². The van der Waals surface area contributed by atoms with Crippen molar-refractivity contribution in [2.45, 2.75) is 0 Å². The molecule has 0 aromatic rings. The van der Waals surface area contributed by atoms with Crippen LogP contribution in [0.4, 0.5) is 0 Å². The molecule has 0 aromatic carbocycles. The van der Waals surface area contributed by atoms with E-state index in [1.165, 1.54) is 0 Å². The van der Waals surface area contributed by atoms with Crippen molar-refractivity contribution in [2.75, 3.05) is 118 Å². The highest BCUT2D eigenvalue weighted by atomic mass is 16.5. The molecule has 0 aliphatic carbocycles. The van der Waals surface area contributed by atoms with E-state index in [0.29, 0.717) is 65.4 Å². The standard InChI is InChI=1S/C24H42N8O9/c25-19(33)18-41-12-1-26-20(34)13-27-21(35)14-28-8-10-32(11-9-28)22(36)15-29-2-4-30(16-23(37)38)6-7-31(5-3-29)17-24(39)40/h1-18H2,(H2,25,33)(H,26,34)(H,27,35)(H,37,38)(H,39,40). The lowest BCUT2D eigenvalue weighted by molar-refractivity contribution is -0.140. The molecule has 0 spiro atoms. The highest BCUT2D eigenvalue weighted by molar-refractivity contribution is 5.85. The van der Waals surface area contributed by atoms with Gasteiger partial charge < -0.3 is 36.2 Å². The van der Waals surface area contributed by atoms with Crippen LogP contribution in [0.3, 0.4) is 0 Å². The average molecular weight is 587 g/mol. The molecule has 6 N–H and O–H groups in total. The van der Waals surface area contributed by atoms with E-state index in [2.05, 4.69) is 10.6 Å². The lowest BCUT2D eigenvalue weighted by atomic mass is 10.3. The van der Waals surface area contributed by atoms with Crippen molar-refractivity contribution in [3.63, 3.8) is 0 Å². The van der Waals surface area contributed by atoms with Gasteiger partial charge in [-0.1, -0.05) is 0 Å². The van der Waals surface area contributed by atoms with Gasteiger partial charge >= 0.3 is 11.9 Å². The van der Waals surface area contributed by atoms with E-state index >= 15 is 0 Å². The Morgan fingerprint density at radius 2 is 1.10 bits per heavy atom. The Labute approximate surface area is 238 Å². The minimum absolute atomic E-state index is 0.0839. The normalized spacial score (nSPS) is 18.1. The van der Waals surface area contributed by atoms with Crippen LogP contribution in [0.5, 0.6) is 0 Å². The van der Waals surface area contributed by atoms with E-state index in [9.17, 15) is 39.0 Å². The third-order valence-corrected chi connectivity index (χ3v) is 6.63. The fourth-order valence-electron chi connectivity index (χ4n) is 4.42. The summed E-state index contributed by atoms with van der Waals surface area (Å²) in [7, 11) is 0. The number of ether oxygens (including phenoxy) is 1. The number of nitrogens with zero attached hydrogens (tertiary/aromatic N) is 5. The summed E-state index contributed by atoms with van der Waals surface area (Å²) in [6.07, 6.45) is 0. The highest BCUT2D eigenvalue weighted by Gasteiger charge is 2.25. The van der Waals surface area contributed by atoms with Gasteiger partial charge in [-0.3, -0.25) is 48.4 Å². The fourth-order valence-corrected chi connectivity index (χ4v) is 4.42. The van der Waals surface area contributed by atoms with Crippen LogP contribution in [-0.2, 0) is 33.5 Å². The maximum Gasteiger partial charge on any atom is 0.317 e. The molecule has 0 atom stereocenters. The van der Waals surface area contributed by atoms with Crippen LogP contribution in [0.15, 0.2) is 0 Å². The smallest absolute Gasteiger partial charge is 0.317 e. The van der Waals surface area contributed by atoms with Crippen LogP contribution in [0.25, 0.3) is 0 Å². The molecule has 2 rings (SSSR count). The van der Waals surface area contributed by atoms with E-state index in [4.69, 9.17) is 10.5 Å². The number of hydrogen-bond acceptors (Lipinski definition) is 11. The van der Waals surface area contributed by atoms with Crippen LogP contribution >= 0.6 is 0 Å². The van der Waals surface area contributed by atoms with Gasteiger partial charge in [-0.25, -0.2) is 0 Å². The third kappa shape index (κ3) is 14.7. The molecule has 232 valence electrons. The second-order valence-corrected chi connectivity index (χ2v) is 9.92. The van der Waals surface area contributed by atoms with Crippen LogP contribution in [0.1, 0.15) is 0 Å². The minimum atomic E-state index is -0.963. The molecule has 2 aliphatic heterocycles. The van der Waals surface area contributed by atoms with Gasteiger partial charge in [0.2, 0.25) is 23.6 Å². The van der Waals surface area contributed by atoms with Gasteiger partial charge in [-0.05, 0) is 0 Å². The number of carboxylic acids is 2. The van der Waals surface area contributed by atoms with Gasteiger partial charge in [0.15, 0.2) is 0 Å². The third-order valence-electron chi connectivity index (χ3n) is 6.63. The quantitative estimate of drug-likeness (QED) is 0.114. The summed E-state index contributed by atoms with van der Waals surface area (Å²) in [5.74, 6) is -3.33. The molecule has 0 bridgehead atoms. The molecule has 2 aliphatic rings. The molecule has 4 amide bonds. The number of carbonyl (C=O) groups excluding carboxylic acids is 4. The van der Waals surface area contributed by atoms with Crippen LogP contribution in [0, 0.1) is 0 Å². The van der Waals surface area contributed by atoms with E-state index < -0.39 is 23.8 Å². The molecule has 2 heterocycles. The van der Waals surface area contributed by atoms with Crippen molar-refractivity contribution < 1.29 is 43.7 Å². The molecule has 0 radical (unpaired) electrons. The lowest BCUT2D eigenvalue weighted by Gasteiger charge is -2.35. The van der Waals surface area contributed by atoms with Crippen LogP contribution < -0.4 is 16.4 Å². The molecule has 0 saturated carbocycles. The summed E-state index contributed by atoms with van der Waals surface area (Å²) >= 11 is 0. The summed E-state index contributed by atoms with van der Waals surface area (Å²) in [5.41, 5.74) is 4.94. The predicted molar refractivity (Wildman–Crippen MR) is 144 cm³/mol. The summed E-state index contributed by atoms with van der Waals surface area (Å²) in [4.78, 5) is 79.1. The van der Waals surface area contributed by atoms with Crippen molar-refractivity contribution in [1.29, 1.82) is 0 Å². The molecule has 2 fully saturated rings. The number of primary amides is 1. The number of carbonyl (C=O) groups is 6. The number of amides is 4. The molecule has 0 aromatic heterocycles. The number of nitrogens with two attached hydrogens (primary N) is 1. The Kier molecular flexibility index (Phi) is 15.0. The summed E-state index contributed by atoms with van der Waals surface area (Å²) in [6.45, 7) is 4.32. The monoisotopic (exact) mass is 586 g/mol. The maximum absolute atomic E-state index is 13.0. The largest absolute Gasteiger partial charge is 0.480 e. The topological polar surface area (TPSA) is 218 Å². The fraction of sp³-hybridized carbons (Fsp3) is 0.750. The number of hydrogen-bond donors (Lipinski definition) is 5. The van der Waals surface area contributed by atoms with Gasteiger partial charge in [0.1, 0.15) is 6.61 Å². The molecule has 2 saturated heterocycles. The zero-order valence-corrected chi connectivity index (χ0v) is 23.3. The first-order chi connectivity index (χ1) is 19.5.